The summed E-state index contributed by atoms with van der Waals surface area (Å²) in [5.74, 6) is 2.03. The van der Waals surface area contributed by atoms with Crippen molar-refractivity contribution in [2.45, 2.75) is 51.2 Å². The van der Waals surface area contributed by atoms with Gasteiger partial charge in [0.25, 0.3) is 0 Å². The summed E-state index contributed by atoms with van der Waals surface area (Å²) in [4.78, 5) is 4.46. The van der Waals surface area contributed by atoms with Crippen LogP contribution in [0.4, 0.5) is 0 Å². The molecule has 1 aromatic heterocycles. The average molecular weight is 239 g/mol. The molecular weight excluding hydrogens is 218 g/mol. The lowest BCUT2D eigenvalue weighted by molar-refractivity contribution is 0.0555. The lowest BCUT2D eigenvalue weighted by atomic mass is 10.1. The van der Waals surface area contributed by atoms with E-state index in [9.17, 15) is 0 Å². The van der Waals surface area contributed by atoms with Crippen molar-refractivity contribution in [3.8, 4) is 0 Å². The molecule has 0 radical (unpaired) electrons. The molecule has 0 aliphatic heterocycles. The third-order valence-electron chi connectivity index (χ3n) is 3.39. The monoisotopic (exact) mass is 239 g/mol. The third kappa shape index (κ3) is 2.66. The highest BCUT2D eigenvalue weighted by Crippen LogP contribution is 2.33. The average Bonchev–Trinajstić information content (AvgIpc) is 2.87. The first-order chi connectivity index (χ1) is 8.11. The first-order valence-electron chi connectivity index (χ1n) is 6.23. The molecule has 0 saturated heterocycles. The number of rotatable bonds is 4. The van der Waals surface area contributed by atoms with E-state index in [-0.39, 0.29) is 12.1 Å². The summed E-state index contributed by atoms with van der Waals surface area (Å²) in [6, 6.07) is 0.277. The minimum atomic E-state index is -0.0948. The fraction of sp³-hybridized carbons (Fsp3) is 0.833. The Kier molecular flexibility index (Phi) is 3.79. The minimum absolute atomic E-state index is 0.0948. The summed E-state index contributed by atoms with van der Waals surface area (Å²) in [6.45, 7) is 4.16. The summed E-state index contributed by atoms with van der Waals surface area (Å²) >= 11 is 0. The van der Waals surface area contributed by atoms with Gasteiger partial charge in [-0.15, -0.1) is 0 Å². The van der Waals surface area contributed by atoms with Crippen LogP contribution in [0.2, 0.25) is 0 Å². The fourth-order valence-corrected chi connectivity index (χ4v) is 2.45. The van der Waals surface area contributed by atoms with Crippen LogP contribution in [0.25, 0.3) is 0 Å². The summed E-state index contributed by atoms with van der Waals surface area (Å²) in [5, 5.41) is 4.03. The van der Waals surface area contributed by atoms with E-state index >= 15 is 0 Å². The molecule has 3 atom stereocenters. The molecule has 5 heteroatoms. The number of methoxy groups -OCH3 is 1. The van der Waals surface area contributed by atoms with Gasteiger partial charge in [-0.2, -0.15) is 4.98 Å². The fourth-order valence-electron chi connectivity index (χ4n) is 2.45. The third-order valence-corrected chi connectivity index (χ3v) is 3.39. The molecule has 2 N–H and O–H groups in total. The van der Waals surface area contributed by atoms with Gasteiger partial charge in [0.05, 0.1) is 0 Å². The topological polar surface area (TPSA) is 74.2 Å². The number of ether oxygens (including phenoxy) is 1. The van der Waals surface area contributed by atoms with E-state index in [2.05, 4.69) is 24.0 Å². The second-order valence-electron chi connectivity index (χ2n) is 5.16. The van der Waals surface area contributed by atoms with E-state index in [0.29, 0.717) is 17.7 Å². The first kappa shape index (κ1) is 12.5. The van der Waals surface area contributed by atoms with Gasteiger partial charge in [0.15, 0.2) is 0 Å². The van der Waals surface area contributed by atoms with Crippen LogP contribution in [0.1, 0.15) is 56.8 Å². The van der Waals surface area contributed by atoms with Gasteiger partial charge >= 0.3 is 0 Å². The van der Waals surface area contributed by atoms with Crippen LogP contribution in [0.3, 0.4) is 0 Å². The van der Waals surface area contributed by atoms with E-state index in [1.807, 2.05) is 0 Å². The Bertz CT molecular complexity index is 364. The standard InChI is InChI=1S/C12H21N3O2/c1-7(2)10(16-3)11-14-12(17-15-11)8-4-5-9(13)6-8/h7-10H,4-6,13H2,1-3H3. The van der Waals surface area contributed by atoms with Crippen LogP contribution in [-0.2, 0) is 4.74 Å². The Labute approximate surface area is 102 Å². The van der Waals surface area contributed by atoms with Crippen LogP contribution in [0, 0.1) is 5.92 Å². The minimum Gasteiger partial charge on any atom is -0.373 e. The van der Waals surface area contributed by atoms with Crippen molar-refractivity contribution in [1.82, 2.24) is 10.1 Å². The van der Waals surface area contributed by atoms with Crippen LogP contribution in [0.5, 0.6) is 0 Å². The maximum absolute atomic E-state index is 5.89. The second-order valence-corrected chi connectivity index (χ2v) is 5.16. The zero-order valence-corrected chi connectivity index (χ0v) is 10.7. The SMILES string of the molecule is COC(c1noc(C2CCC(N)C2)n1)C(C)C. The van der Waals surface area contributed by atoms with Crippen LogP contribution in [-0.4, -0.2) is 23.3 Å². The normalized spacial score (nSPS) is 26.6. The van der Waals surface area contributed by atoms with Crippen molar-refractivity contribution >= 4 is 0 Å². The Morgan fingerprint density at radius 1 is 1.41 bits per heavy atom. The quantitative estimate of drug-likeness (QED) is 0.870. The molecule has 1 fully saturated rings. The smallest absolute Gasteiger partial charge is 0.229 e. The van der Waals surface area contributed by atoms with E-state index in [1.54, 1.807) is 7.11 Å². The highest BCUT2D eigenvalue weighted by molar-refractivity contribution is 5.01. The largest absolute Gasteiger partial charge is 0.373 e. The maximum Gasteiger partial charge on any atom is 0.229 e. The molecule has 0 amide bonds. The maximum atomic E-state index is 5.89. The Hall–Kier alpha value is -0.940. The van der Waals surface area contributed by atoms with E-state index in [0.717, 1.165) is 25.2 Å². The molecular formula is C12H21N3O2. The van der Waals surface area contributed by atoms with Gasteiger partial charge in [-0.1, -0.05) is 19.0 Å². The van der Waals surface area contributed by atoms with Crippen molar-refractivity contribution in [2.75, 3.05) is 7.11 Å². The van der Waals surface area contributed by atoms with Gasteiger partial charge in [0.2, 0.25) is 11.7 Å². The van der Waals surface area contributed by atoms with Gasteiger partial charge in [-0.25, -0.2) is 0 Å². The Morgan fingerprint density at radius 2 is 2.18 bits per heavy atom. The Morgan fingerprint density at radius 3 is 2.71 bits per heavy atom. The number of nitrogens with two attached hydrogens (primary N) is 1. The molecule has 17 heavy (non-hydrogen) atoms. The molecule has 1 saturated carbocycles. The number of hydrogen-bond donors (Lipinski definition) is 1. The van der Waals surface area contributed by atoms with Gasteiger partial charge < -0.3 is 15.0 Å². The van der Waals surface area contributed by atoms with Gasteiger partial charge in [0.1, 0.15) is 6.10 Å². The van der Waals surface area contributed by atoms with Crippen LogP contribution < -0.4 is 5.73 Å². The van der Waals surface area contributed by atoms with E-state index < -0.39 is 0 Å². The van der Waals surface area contributed by atoms with Gasteiger partial charge in [-0.3, -0.25) is 0 Å². The van der Waals surface area contributed by atoms with Crippen molar-refractivity contribution in [3.63, 3.8) is 0 Å². The first-order valence-corrected chi connectivity index (χ1v) is 6.23. The van der Waals surface area contributed by atoms with Gasteiger partial charge in [0, 0.05) is 19.1 Å². The summed E-state index contributed by atoms with van der Waals surface area (Å²) in [6.07, 6.45) is 2.94. The molecule has 0 aromatic carbocycles. The van der Waals surface area contributed by atoms with E-state index in [1.165, 1.54) is 0 Å². The van der Waals surface area contributed by atoms with Crippen LogP contribution in [0.15, 0.2) is 4.52 Å². The molecule has 1 heterocycles. The van der Waals surface area contributed by atoms with Crippen LogP contribution >= 0.6 is 0 Å². The second kappa shape index (κ2) is 5.14. The predicted molar refractivity (Wildman–Crippen MR) is 63.5 cm³/mol. The van der Waals surface area contributed by atoms with Crippen molar-refractivity contribution in [1.29, 1.82) is 0 Å². The molecule has 1 aliphatic carbocycles. The molecule has 1 aromatic rings. The molecule has 0 bridgehead atoms. The summed E-state index contributed by atoms with van der Waals surface area (Å²) in [5.41, 5.74) is 5.89. The highest BCUT2D eigenvalue weighted by Gasteiger charge is 2.29. The number of aromatic nitrogens is 2. The van der Waals surface area contributed by atoms with Gasteiger partial charge in [-0.05, 0) is 25.2 Å². The summed E-state index contributed by atoms with van der Waals surface area (Å²) < 4.78 is 10.7. The Balaban J connectivity index is 2.10. The number of hydrogen-bond acceptors (Lipinski definition) is 5. The van der Waals surface area contributed by atoms with E-state index in [4.69, 9.17) is 15.0 Å². The molecule has 96 valence electrons. The predicted octanol–water partition coefficient (Wildman–Crippen LogP) is 2.01. The van der Waals surface area contributed by atoms with Crippen molar-refractivity contribution in [2.24, 2.45) is 11.7 Å². The highest BCUT2D eigenvalue weighted by atomic mass is 16.5. The zero-order valence-electron chi connectivity index (χ0n) is 10.7. The van der Waals surface area contributed by atoms with Crippen molar-refractivity contribution < 1.29 is 9.26 Å². The molecule has 0 spiro atoms. The van der Waals surface area contributed by atoms with Crippen molar-refractivity contribution in [3.05, 3.63) is 11.7 Å². The zero-order chi connectivity index (χ0) is 12.4. The molecule has 5 nitrogen and oxygen atoms in total. The molecule has 3 unspecified atom stereocenters. The molecule has 1 aliphatic rings. The lowest BCUT2D eigenvalue weighted by Crippen LogP contribution is -2.14. The number of nitrogens with zero attached hydrogens (tertiary/aromatic N) is 2. The summed E-state index contributed by atoms with van der Waals surface area (Å²) in [7, 11) is 1.67. The molecule has 2 rings (SSSR count). The lowest BCUT2D eigenvalue weighted by Gasteiger charge is -2.14.